The number of hydrogen-bond acceptors (Lipinski definition) is 25. The Hall–Kier alpha value is -7.34. The maximum atomic E-state index is 4.57. The van der Waals surface area contributed by atoms with Crippen LogP contribution in [0, 0.1) is 0 Å². The average Bonchev–Trinajstić information content (AvgIpc) is 2.96. The van der Waals surface area contributed by atoms with E-state index >= 15 is 0 Å². The number of fused-ring (bicyclic) bond motifs is 12. The van der Waals surface area contributed by atoms with Gasteiger partial charge in [-0.2, -0.15) is 59.8 Å². The third-order valence-corrected chi connectivity index (χ3v) is 5.53. The van der Waals surface area contributed by atoms with E-state index in [2.05, 4.69) is 122 Å². The van der Waals surface area contributed by atoms with Crippen LogP contribution >= 0.6 is 0 Å². The molecule has 6 aromatic heterocycles. The lowest BCUT2D eigenvalue weighted by Crippen LogP contribution is -2.24. The van der Waals surface area contributed by atoms with E-state index in [-0.39, 0.29) is 89.2 Å². The standard InChI is InChI=1S/C18H9N25/c1-19-4-25-5(20-1)29-11-35-13-31-7-22-3-24-9(27-7)33-15-36-14-32-8-23-2-21-6(26-8)30-12-34-10(28-4)37-16(39-12)43(17(38-11)40-13)18(41-14)42-15/h1-3H,(H6,19,20,21,22,23,24,25,26,27,28,29,30,31,32,33,34,35,36,37,38,39,40,41,42). The fourth-order valence-corrected chi connectivity index (χ4v) is 3.85. The minimum Gasteiger partial charge on any atom is -0.292 e. The minimum atomic E-state index is -0.0409. The number of rotatable bonds is 0. The molecule has 25 heteroatoms. The SMILES string of the molecule is c1nc2nc(n1)Nc1nc3nc(n1)N1c4nc(nc(n4)Nc4ncnc(n4)Nc4nc(nc1n4)Nc1ncnc(n1)N3)N2. The first kappa shape index (κ1) is 22.5. The molecule has 206 valence electrons. The van der Waals surface area contributed by atoms with Crippen molar-refractivity contribution in [3.63, 3.8) is 0 Å². The van der Waals surface area contributed by atoms with E-state index in [9.17, 15) is 0 Å². The summed E-state index contributed by atoms with van der Waals surface area (Å²) in [6, 6.07) is 0. The number of nitrogens with zero attached hydrogens (tertiary/aromatic N) is 19. The Kier molecular flexibility index (Phi) is 4.48. The predicted octanol–water partition coefficient (Wildman–Crippen LogP) is -0.332. The van der Waals surface area contributed by atoms with E-state index in [0.29, 0.717) is 0 Å². The largest absolute Gasteiger partial charge is 0.292 e. The fourth-order valence-electron chi connectivity index (χ4n) is 3.85. The summed E-state index contributed by atoms with van der Waals surface area (Å²) >= 11 is 0. The van der Waals surface area contributed by atoms with E-state index in [1.54, 1.807) is 0 Å². The summed E-state index contributed by atoms with van der Waals surface area (Å²) in [6.45, 7) is 0. The molecular formula is C18H9N25. The Labute approximate surface area is 235 Å². The summed E-state index contributed by atoms with van der Waals surface area (Å²) in [7, 11) is 0. The molecule has 43 heavy (non-hydrogen) atoms. The quantitative estimate of drug-likeness (QED) is 0.135. The van der Waals surface area contributed by atoms with Gasteiger partial charge in [-0.15, -0.1) is 0 Å². The normalized spacial score (nSPS) is 13.3. The Morgan fingerprint density at radius 3 is 0.721 bits per heavy atom. The van der Waals surface area contributed by atoms with Crippen LogP contribution in [0.4, 0.5) is 89.2 Å². The average molecular weight is 575 g/mol. The van der Waals surface area contributed by atoms with Gasteiger partial charge in [-0.05, 0) is 0 Å². The molecule has 15 bridgehead atoms. The second-order valence-electron chi connectivity index (χ2n) is 8.33. The van der Waals surface area contributed by atoms with Crippen LogP contribution in [-0.2, 0) is 0 Å². The summed E-state index contributed by atoms with van der Waals surface area (Å²) in [5.74, 6) is 0.643. The van der Waals surface area contributed by atoms with Crippen LogP contribution in [0.25, 0.3) is 0 Å². The van der Waals surface area contributed by atoms with Crippen LogP contribution < -0.4 is 36.8 Å². The monoisotopic (exact) mass is 575 g/mol. The van der Waals surface area contributed by atoms with Crippen LogP contribution in [-0.4, -0.2) is 89.7 Å². The molecule has 3 aliphatic rings. The van der Waals surface area contributed by atoms with Gasteiger partial charge in [-0.1, -0.05) is 0 Å². The first-order valence-corrected chi connectivity index (χ1v) is 11.9. The highest BCUT2D eigenvalue weighted by Gasteiger charge is 2.28. The molecule has 0 aromatic carbocycles. The highest BCUT2D eigenvalue weighted by Crippen LogP contribution is 2.33. The predicted molar refractivity (Wildman–Crippen MR) is 140 cm³/mol. The van der Waals surface area contributed by atoms with E-state index in [0.717, 1.165) is 0 Å². The van der Waals surface area contributed by atoms with E-state index in [1.807, 2.05) is 0 Å². The molecule has 0 unspecified atom stereocenters. The summed E-state index contributed by atoms with van der Waals surface area (Å²) < 4.78 is 0. The zero-order chi connectivity index (χ0) is 28.3. The molecule has 0 spiro atoms. The Balaban J connectivity index is 1.38. The Morgan fingerprint density at radius 2 is 0.488 bits per heavy atom. The molecule has 0 saturated carbocycles. The molecule has 0 fully saturated rings. The van der Waals surface area contributed by atoms with Gasteiger partial charge in [-0.3, -0.25) is 31.9 Å². The fraction of sp³-hybridized carbons (Fsp3) is 0. The summed E-state index contributed by atoms with van der Waals surface area (Å²) in [5, 5.41) is 17.6. The lowest BCUT2D eigenvalue weighted by atomic mass is 10.6. The smallest absolute Gasteiger partial charge is 0.246 e. The molecule has 9 rings (SSSR count). The zero-order valence-electron chi connectivity index (χ0n) is 20.7. The van der Waals surface area contributed by atoms with Gasteiger partial charge in [0.25, 0.3) is 0 Å². The molecule has 6 aromatic rings. The van der Waals surface area contributed by atoms with Crippen molar-refractivity contribution in [1.29, 1.82) is 0 Å². The van der Waals surface area contributed by atoms with E-state index in [4.69, 9.17) is 0 Å². The van der Waals surface area contributed by atoms with E-state index < -0.39 is 0 Å². The number of aromatic nitrogens is 18. The molecule has 3 aliphatic heterocycles. The summed E-state index contributed by atoms with van der Waals surface area (Å²) in [6.07, 6.45) is 3.84. The first-order chi connectivity index (χ1) is 21.1. The third-order valence-electron chi connectivity index (χ3n) is 5.53. The van der Waals surface area contributed by atoms with Gasteiger partial charge in [0, 0.05) is 0 Å². The van der Waals surface area contributed by atoms with Gasteiger partial charge in [0.1, 0.15) is 19.0 Å². The molecule has 9 heterocycles. The van der Waals surface area contributed by atoms with Gasteiger partial charge in [0.2, 0.25) is 89.2 Å². The second kappa shape index (κ2) is 8.58. The molecule has 6 N–H and O–H groups in total. The van der Waals surface area contributed by atoms with Crippen molar-refractivity contribution in [2.75, 3.05) is 36.8 Å². The highest BCUT2D eigenvalue weighted by atomic mass is 15.5. The molecule has 0 radical (unpaired) electrons. The Bertz CT molecular complexity index is 1730. The summed E-state index contributed by atoms with van der Waals surface area (Å²) in [5.41, 5.74) is 0. The third kappa shape index (κ3) is 4.13. The molecule has 0 atom stereocenters. The zero-order valence-corrected chi connectivity index (χ0v) is 20.7. The van der Waals surface area contributed by atoms with Crippen molar-refractivity contribution in [2.24, 2.45) is 0 Å². The molecule has 0 aliphatic carbocycles. The van der Waals surface area contributed by atoms with Crippen molar-refractivity contribution in [2.45, 2.75) is 0 Å². The molecule has 0 amide bonds. The minimum absolute atomic E-state index is 0.0219. The van der Waals surface area contributed by atoms with Crippen molar-refractivity contribution in [3.05, 3.63) is 19.0 Å². The van der Waals surface area contributed by atoms with Gasteiger partial charge in [0.15, 0.2) is 0 Å². The van der Waals surface area contributed by atoms with Gasteiger partial charge >= 0.3 is 0 Å². The van der Waals surface area contributed by atoms with Crippen molar-refractivity contribution >= 4 is 89.2 Å². The maximum Gasteiger partial charge on any atom is 0.246 e. The van der Waals surface area contributed by atoms with Crippen molar-refractivity contribution in [3.8, 4) is 0 Å². The lowest BCUT2D eigenvalue weighted by Gasteiger charge is -2.22. The number of hydrogen-bond donors (Lipinski definition) is 6. The van der Waals surface area contributed by atoms with Gasteiger partial charge in [-0.25, -0.2) is 34.8 Å². The molecule has 25 nitrogen and oxygen atoms in total. The maximum absolute atomic E-state index is 4.57. The van der Waals surface area contributed by atoms with Crippen LogP contribution in [0.15, 0.2) is 19.0 Å². The first-order valence-electron chi connectivity index (χ1n) is 11.9. The van der Waals surface area contributed by atoms with Crippen molar-refractivity contribution in [1.82, 2.24) is 89.7 Å². The van der Waals surface area contributed by atoms with Crippen molar-refractivity contribution < 1.29 is 0 Å². The van der Waals surface area contributed by atoms with Gasteiger partial charge in [0.05, 0.1) is 0 Å². The van der Waals surface area contributed by atoms with Crippen LogP contribution in [0.3, 0.4) is 0 Å². The highest BCUT2D eigenvalue weighted by molar-refractivity contribution is 5.70. The van der Waals surface area contributed by atoms with Crippen LogP contribution in [0.1, 0.15) is 0 Å². The number of anilines is 15. The number of nitrogens with one attached hydrogen (secondary N) is 6. The summed E-state index contributed by atoms with van der Waals surface area (Å²) in [4.78, 5) is 79.9. The van der Waals surface area contributed by atoms with Crippen LogP contribution in [0.2, 0.25) is 0 Å². The van der Waals surface area contributed by atoms with Crippen LogP contribution in [0.5, 0.6) is 0 Å². The topological polar surface area (TPSA) is 307 Å². The van der Waals surface area contributed by atoms with Gasteiger partial charge < -0.3 is 0 Å². The van der Waals surface area contributed by atoms with E-state index in [1.165, 1.54) is 23.9 Å². The Morgan fingerprint density at radius 1 is 0.279 bits per heavy atom. The lowest BCUT2D eigenvalue weighted by molar-refractivity contribution is 0.899. The molecular weight excluding hydrogens is 566 g/mol. The molecule has 0 saturated heterocycles. The second-order valence-corrected chi connectivity index (χ2v) is 8.33.